The Morgan fingerprint density at radius 3 is 2.27 bits per heavy atom. The summed E-state index contributed by atoms with van der Waals surface area (Å²) in [5.74, 6) is 2.85. The van der Waals surface area contributed by atoms with Gasteiger partial charge in [-0.15, -0.1) is 0 Å². The number of benzene rings is 3. The summed E-state index contributed by atoms with van der Waals surface area (Å²) in [6.07, 6.45) is 2.73. The van der Waals surface area contributed by atoms with Gasteiger partial charge in [-0.3, -0.25) is 9.89 Å². The zero-order valence-corrected chi connectivity index (χ0v) is 23.4. The fourth-order valence-corrected chi connectivity index (χ4v) is 5.11. The van der Waals surface area contributed by atoms with E-state index < -0.39 is 0 Å². The standard InChI is InChI=1S/C32H35N3O5/c1-5-6-19-40-25-14-10-23(11-15-25)31-28-29(22-8-12-24(37-2)13-9-22)33-34-30(28)32(36)35(31)18-17-21-7-16-26(38-3)27(20-21)39-4/h7-16,20,31H,5-6,17-19H2,1-4H3,(H,33,34). The molecule has 1 amide bonds. The number of nitrogens with one attached hydrogen (secondary N) is 1. The van der Waals surface area contributed by atoms with E-state index in [0.717, 1.165) is 52.3 Å². The number of carbonyl (C=O) groups is 1. The van der Waals surface area contributed by atoms with Crippen molar-refractivity contribution < 1.29 is 23.7 Å². The van der Waals surface area contributed by atoms with Crippen LogP contribution in [0.5, 0.6) is 23.0 Å². The Morgan fingerprint density at radius 2 is 1.60 bits per heavy atom. The van der Waals surface area contributed by atoms with Crippen LogP contribution in [0.2, 0.25) is 0 Å². The third-order valence-electron chi connectivity index (χ3n) is 7.28. The maximum atomic E-state index is 13.8. The minimum atomic E-state index is -0.303. The molecule has 8 nitrogen and oxygen atoms in total. The molecule has 208 valence electrons. The number of amides is 1. The lowest BCUT2D eigenvalue weighted by molar-refractivity contribution is 0.0746. The quantitative estimate of drug-likeness (QED) is 0.219. The van der Waals surface area contributed by atoms with Crippen LogP contribution in [0.1, 0.15) is 53.0 Å². The molecular weight excluding hydrogens is 506 g/mol. The molecule has 0 aliphatic carbocycles. The summed E-state index contributed by atoms with van der Waals surface area (Å²) in [5, 5.41) is 7.62. The first kappa shape index (κ1) is 27.1. The fourth-order valence-electron chi connectivity index (χ4n) is 5.11. The molecule has 0 spiro atoms. The van der Waals surface area contributed by atoms with E-state index in [1.807, 2.05) is 71.6 Å². The minimum absolute atomic E-state index is 0.0731. The Hall–Kier alpha value is -4.46. The number of methoxy groups -OCH3 is 3. The number of hydrogen-bond acceptors (Lipinski definition) is 6. The van der Waals surface area contributed by atoms with Gasteiger partial charge in [0.1, 0.15) is 17.2 Å². The molecule has 1 atom stereocenters. The van der Waals surface area contributed by atoms with Crippen LogP contribution in [0.3, 0.4) is 0 Å². The van der Waals surface area contributed by atoms with Crippen molar-refractivity contribution in [3.8, 4) is 34.3 Å². The lowest BCUT2D eigenvalue weighted by Crippen LogP contribution is -2.31. The van der Waals surface area contributed by atoms with Crippen molar-refractivity contribution in [2.75, 3.05) is 34.5 Å². The normalized spacial score (nSPS) is 14.2. The summed E-state index contributed by atoms with van der Waals surface area (Å²) >= 11 is 0. The zero-order chi connectivity index (χ0) is 28.1. The second-order valence-electron chi connectivity index (χ2n) is 9.70. The number of ether oxygens (including phenoxy) is 4. The van der Waals surface area contributed by atoms with E-state index in [-0.39, 0.29) is 11.9 Å². The second-order valence-corrected chi connectivity index (χ2v) is 9.70. The summed E-state index contributed by atoms with van der Waals surface area (Å²) in [7, 11) is 4.88. The van der Waals surface area contributed by atoms with E-state index in [1.165, 1.54) is 0 Å². The van der Waals surface area contributed by atoms with Crippen LogP contribution in [0.25, 0.3) is 11.3 Å². The number of nitrogens with zero attached hydrogens (tertiary/aromatic N) is 2. The van der Waals surface area contributed by atoms with Crippen molar-refractivity contribution >= 4 is 5.91 Å². The average molecular weight is 542 g/mol. The molecule has 1 aliphatic heterocycles. The summed E-state index contributed by atoms with van der Waals surface area (Å²) in [4.78, 5) is 15.7. The highest BCUT2D eigenvalue weighted by molar-refractivity contribution is 6.00. The van der Waals surface area contributed by atoms with Crippen molar-refractivity contribution in [3.05, 3.63) is 89.1 Å². The number of unbranched alkanes of at least 4 members (excludes halogenated alkanes) is 1. The molecule has 1 N–H and O–H groups in total. The van der Waals surface area contributed by atoms with Gasteiger partial charge >= 0.3 is 0 Å². The SMILES string of the molecule is CCCCOc1ccc(C2c3c(-c4ccc(OC)cc4)n[nH]c3C(=O)N2CCc2ccc(OC)c(OC)c2)cc1. The highest BCUT2D eigenvalue weighted by atomic mass is 16.5. The smallest absolute Gasteiger partial charge is 0.273 e. The predicted molar refractivity (Wildman–Crippen MR) is 154 cm³/mol. The Balaban J connectivity index is 1.49. The highest BCUT2D eigenvalue weighted by Crippen LogP contribution is 2.43. The molecule has 0 saturated carbocycles. The first-order valence-corrected chi connectivity index (χ1v) is 13.5. The van der Waals surface area contributed by atoms with E-state index >= 15 is 0 Å². The molecule has 4 aromatic rings. The maximum Gasteiger partial charge on any atom is 0.273 e. The van der Waals surface area contributed by atoms with Crippen LogP contribution in [-0.2, 0) is 6.42 Å². The van der Waals surface area contributed by atoms with Crippen molar-refractivity contribution in [3.63, 3.8) is 0 Å². The van der Waals surface area contributed by atoms with E-state index in [9.17, 15) is 4.79 Å². The number of aromatic amines is 1. The molecule has 8 heteroatoms. The molecule has 0 bridgehead atoms. The predicted octanol–water partition coefficient (Wildman–Crippen LogP) is 6.07. The number of fused-ring (bicyclic) bond motifs is 1. The molecule has 0 saturated heterocycles. The Labute approximate surface area is 234 Å². The molecule has 1 aliphatic rings. The van der Waals surface area contributed by atoms with E-state index in [2.05, 4.69) is 17.1 Å². The Kier molecular flexibility index (Phi) is 8.24. The van der Waals surface area contributed by atoms with Crippen molar-refractivity contribution in [1.29, 1.82) is 0 Å². The van der Waals surface area contributed by atoms with E-state index in [4.69, 9.17) is 18.9 Å². The van der Waals surface area contributed by atoms with Gasteiger partial charge in [-0.2, -0.15) is 5.10 Å². The highest BCUT2D eigenvalue weighted by Gasteiger charge is 2.42. The van der Waals surface area contributed by atoms with Gasteiger partial charge < -0.3 is 23.8 Å². The summed E-state index contributed by atoms with van der Waals surface area (Å²) in [6, 6.07) is 21.3. The van der Waals surface area contributed by atoms with Crippen molar-refractivity contribution in [1.82, 2.24) is 15.1 Å². The van der Waals surface area contributed by atoms with Crippen LogP contribution >= 0.6 is 0 Å². The van der Waals surface area contributed by atoms with Crippen LogP contribution < -0.4 is 18.9 Å². The molecular formula is C32H35N3O5. The molecule has 3 aromatic carbocycles. The number of rotatable bonds is 12. The Bertz CT molecular complexity index is 1450. The fraction of sp³-hybridized carbons (Fsp3) is 0.312. The first-order valence-electron chi connectivity index (χ1n) is 13.5. The van der Waals surface area contributed by atoms with E-state index in [0.29, 0.717) is 36.8 Å². The maximum absolute atomic E-state index is 13.8. The number of H-pyrrole nitrogens is 1. The summed E-state index contributed by atoms with van der Waals surface area (Å²) in [6.45, 7) is 3.34. The Morgan fingerprint density at radius 1 is 0.875 bits per heavy atom. The first-order chi connectivity index (χ1) is 19.6. The number of aromatic nitrogens is 2. The van der Waals surface area contributed by atoms with Gasteiger partial charge in [0.05, 0.1) is 39.7 Å². The van der Waals surface area contributed by atoms with Gasteiger partial charge in [0, 0.05) is 17.7 Å². The summed E-state index contributed by atoms with van der Waals surface area (Å²) in [5.41, 5.74) is 5.12. The summed E-state index contributed by atoms with van der Waals surface area (Å²) < 4.78 is 22.1. The topological polar surface area (TPSA) is 85.9 Å². The molecule has 0 fully saturated rings. The van der Waals surface area contributed by atoms with Gasteiger partial charge in [-0.1, -0.05) is 31.5 Å². The molecule has 5 rings (SSSR count). The van der Waals surface area contributed by atoms with Gasteiger partial charge in [-0.25, -0.2) is 0 Å². The van der Waals surface area contributed by atoms with E-state index in [1.54, 1.807) is 21.3 Å². The molecule has 0 radical (unpaired) electrons. The minimum Gasteiger partial charge on any atom is -0.497 e. The third kappa shape index (κ3) is 5.34. The van der Waals surface area contributed by atoms with Gasteiger partial charge in [0.25, 0.3) is 5.91 Å². The lowest BCUT2D eigenvalue weighted by Gasteiger charge is -2.27. The van der Waals surface area contributed by atoms with Crippen LogP contribution in [-0.4, -0.2) is 55.5 Å². The lowest BCUT2D eigenvalue weighted by atomic mass is 9.95. The monoisotopic (exact) mass is 541 g/mol. The van der Waals surface area contributed by atoms with Crippen molar-refractivity contribution in [2.45, 2.75) is 32.2 Å². The molecule has 1 aromatic heterocycles. The molecule has 40 heavy (non-hydrogen) atoms. The number of hydrogen-bond donors (Lipinski definition) is 1. The molecule has 2 heterocycles. The van der Waals surface area contributed by atoms with Crippen LogP contribution in [0.15, 0.2) is 66.7 Å². The van der Waals surface area contributed by atoms with Gasteiger partial charge in [0.2, 0.25) is 0 Å². The molecule has 1 unspecified atom stereocenters. The largest absolute Gasteiger partial charge is 0.497 e. The second kappa shape index (κ2) is 12.2. The van der Waals surface area contributed by atoms with Crippen LogP contribution in [0.4, 0.5) is 0 Å². The number of carbonyl (C=O) groups excluding carboxylic acids is 1. The average Bonchev–Trinajstić information content (AvgIpc) is 3.55. The van der Waals surface area contributed by atoms with Crippen LogP contribution in [0, 0.1) is 0 Å². The third-order valence-corrected chi connectivity index (χ3v) is 7.28. The zero-order valence-electron chi connectivity index (χ0n) is 23.4. The van der Waals surface area contributed by atoms with Gasteiger partial charge in [0.15, 0.2) is 11.5 Å². The van der Waals surface area contributed by atoms with Gasteiger partial charge in [-0.05, 0) is 72.5 Å². The van der Waals surface area contributed by atoms with Crippen molar-refractivity contribution in [2.24, 2.45) is 0 Å².